The maximum absolute atomic E-state index is 9.43. The van der Waals surface area contributed by atoms with E-state index in [1.807, 2.05) is 12.1 Å². The third-order valence-corrected chi connectivity index (χ3v) is 3.61. The minimum Gasteiger partial charge on any atom is -0.508 e. The van der Waals surface area contributed by atoms with Gasteiger partial charge < -0.3 is 15.3 Å². The van der Waals surface area contributed by atoms with Gasteiger partial charge in [0, 0.05) is 24.3 Å². The molecule has 1 heterocycles. The molecule has 2 unspecified atom stereocenters. The van der Waals surface area contributed by atoms with Crippen molar-refractivity contribution in [2.75, 3.05) is 25.5 Å². The molecule has 17 heavy (non-hydrogen) atoms. The number of hydrogen-bond donors (Lipinski definition) is 2. The molecule has 1 aliphatic rings. The molecule has 1 aromatic carbocycles. The van der Waals surface area contributed by atoms with E-state index in [-0.39, 0.29) is 0 Å². The fourth-order valence-electron chi connectivity index (χ4n) is 2.59. The first-order valence-corrected chi connectivity index (χ1v) is 6.39. The van der Waals surface area contributed by atoms with E-state index in [9.17, 15) is 5.11 Å². The Morgan fingerprint density at radius 2 is 2.29 bits per heavy atom. The summed E-state index contributed by atoms with van der Waals surface area (Å²) in [6, 6.07) is 7.80. The van der Waals surface area contributed by atoms with Crippen LogP contribution in [0.3, 0.4) is 0 Å². The number of benzene rings is 1. The third-order valence-electron chi connectivity index (χ3n) is 3.61. The van der Waals surface area contributed by atoms with Gasteiger partial charge in [0.25, 0.3) is 0 Å². The standard InChI is InChI=1S/C14H22N2O/c1-11(12-5-4-8-16(2)10-12)15-13-6-3-7-14(17)9-13/h3,6-7,9,11-12,15,17H,4-5,8,10H2,1-2H3. The summed E-state index contributed by atoms with van der Waals surface area (Å²) in [5, 5.41) is 12.9. The molecule has 1 aromatic rings. The van der Waals surface area contributed by atoms with Gasteiger partial charge in [-0.15, -0.1) is 0 Å². The number of nitrogens with zero attached hydrogens (tertiary/aromatic N) is 1. The number of piperidine rings is 1. The lowest BCUT2D eigenvalue weighted by Gasteiger charge is -2.34. The summed E-state index contributed by atoms with van der Waals surface area (Å²) in [5.41, 5.74) is 1.01. The highest BCUT2D eigenvalue weighted by molar-refractivity contribution is 5.48. The first kappa shape index (κ1) is 12.2. The van der Waals surface area contributed by atoms with Crippen LogP contribution in [0.4, 0.5) is 5.69 Å². The highest BCUT2D eigenvalue weighted by atomic mass is 16.3. The van der Waals surface area contributed by atoms with Crippen LogP contribution in [0.2, 0.25) is 0 Å². The second kappa shape index (κ2) is 5.41. The van der Waals surface area contributed by atoms with Gasteiger partial charge >= 0.3 is 0 Å². The van der Waals surface area contributed by atoms with Gasteiger partial charge in [0.15, 0.2) is 0 Å². The summed E-state index contributed by atoms with van der Waals surface area (Å²) in [4.78, 5) is 2.40. The Hall–Kier alpha value is -1.22. The first-order valence-electron chi connectivity index (χ1n) is 6.39. The number of phenols is 1. The highest BCUT2D eigenvalue weighted by Crippen LogP contribution is 2.23. The third kappa shape index (κ3) is 3.37. The van der Waals surface area contributed by atoms with E-state index in [1.165, 1.54) is 19.4 Å². The van der Waals surface area contributed by atoms with Crippen molar-refractivity contribution in [3.8, 4) is 5.75 Å². The van der Waals surface area contributed by atoms with Gasteiger partial charge in [0.2, 0.25) is 0 Å². The Morgan fingerprint density at radius 1 is 1.47 bits per heavy atom. The van der Waals surface area contributed by atoms with Crippen LogP contribution in [0.15, 0.2) is 24.3 Å². The van der Waals surface area contributed by atoms with Gasteiger partial charge in [0.05, 0.1) is 0 Å². The van der Waals surface area contributed by atoms with Crippen LogP contribution in [-0.2, 0) is 0 Å². The Bertz CT molecular complexity index is 367. The van der Waals surface area contributed by atoms with Crippen LogP contribution in [0.25, 0.3) is 0 Å². The van der Waals surface area contributed by atoms with Crippen LogP contribution < -0.4 is 5.32 Å². The van der Waals surface area contributed by atoms with E-state index in [0.717, 1.165) is 12.2 Å². The predicted octanol–water partition coefficient (Wildman–Crippen LogP) is 2.53. The van der Waals surface area contributed by atoms with Crippen LogP contribution in [0.1, 0.15) is 19.8 Å². The monoisotopic (exact) mass is 234 g/mol. The van der Waals surface area contributed by atoms with Gasteiger partial charge in [0.1, 0.15) is 5.75 Å². The Labute approximate surface area is 103 Å². The van der Waals surface area contributed by atoms with Crippen LogP contribution in [0.5, 0.6) is 5.75 Å². The molecule has 0 saturated carbocycles. The van der Waals surface area contributed by atoms with Crippen molar-refractivity contribution in [2.24, 2.45) is 5.92 Å². The molecule has 0 bridgehead atoms. The molecule has 2 rings (SSSR count). The Kier molecular flexibility index (Phi) is 3.89. The minimum absolute atomic E-state index is 0.322. The molecular formula is C14H22N2O. The Morgan fingerprint density at radius 3 is 3.00 bits per heavy atom. The number of likely N-dealkylation sites (tertiary alicyclic amines) is 1. The normalized spacial score (nSPS) is 23.3. The molecule has 0 spiro atoms. The van der Waals surface area contributed by atoms with Crippen LogP contribution in [0, 0.1) is 5.92 Å². The number of hydrogen-bond acceptors (Lipinski definition) is 3. The van der Waals surface area contributed by atoms with Gasteiger partial charge in [-0.3, -0.25) is 0 Å². The summed E-state index contributed by atoms with van der Waals surface area (Å²) in [6.07, 6.45) is 2.57. The van der Waals surface area contributed by atoms with Crippen molar-refractivity contribution >= 4 is 5.69 Å². The summed E-state index contributed by atoms with van der Waals surface area (Å²) >= 11 is 0. The van der Waals surface area contributed by atoms with E-state index in [0.29, 0.717) is 17.7 Å². The second-order valence-electron chi connectivity index (χ2n) is 5.15. The lowest BCUT2D eigenvalue weighted by Crippen LogP contribution is -2.39. The van der Waals surface area contributed by atoms with Crippen molar-refractivity contribution in [3.63, 3.8) is 0 Å². The zero-order valence-electron chi connectivity index (χ0n) is 10.7. The zero-order valence-corrected chi connectivity index (χ0v) is 10.7. The average molecular weight is 234 g/mol. The number of nitrogens with one attached hydrogen (secondary N) is 1. The molecule has 2 N–H and O–H groups in total. The molecule has 0 radical (unpaired) electrons. The molecule has 3 nitrogen and oxygen atoms in total. The first-order chi connectivity index (χ1) is 8.15. The smallest absolute Gasteiger partial charge is 0.117 e. The molecule has 1 aliphatic heterocycles. The number of phenolic OH excluding ortho intramolecular Hbond substituents is 1. The molecule has 3 heteroatoms. The molecule has 0 amide bonds. The van der Waals surface area contributed by atoms with Crippen molar-refractivity contribution in [3.05, 3.63) is 24.3 Å². The maximum Gasteiger partial charge on any atom is 0.117 e. The lowest BCUT2D eigenvalue weighted by molar-refractivity contribution is 0.197. The average Bonchev–Trinajstić information content (AvgIpc) is 2.29. The molecule has 94 valence electrons. The fourth-order valence-corrected chi connectivity index (χ4v) is 2.59. The second-order valence-corrected chi connectivity index (χ2v) is 5.15. The molecule has 2 atom stereocenters. The van der Waals surface area contributed by atoms with Crippen molar-refractivity contribution in [2.45, 2.75) is 25.8 Å². The van der Waals surface area contributed by atoms with Crippen molar-refractivity contribution in [1.29, 1.82) is 0 Å². The number of rotatable bonds is 3. The predicted molar refractivity (Wildman–Crippen MR) is 71.4 cm³/mol. The summed E-state index contributed by atoms with van der Waals surface area (Å²) in [7, 11) is 2.19. The lowest BCUT2D eigenvalue weighted by atomic mass is 9.92. The topological polar surface area (TPSA) is 35.5 Å². The molecule has 0 aliphatic carbocycles. The SMILES string of the molecule is CC(Nc1cccc(O)c1)C1CCCN(C)C1. The number of aromatic hydroxyl groups is 1. The zero-order chi connectivity index (χ0) is 12.3. The van der Waals surface area contributed by atoms with E-state index in [4.69, 9.17) is 0 Å². The Balaban J connectivity index is 1.94. The van der Waals surface area contributed by atoms with Gasteiger partial charge in [-0.25, -0.2) is 0 Å². The van der Waals surface area contributed by atoms with Gasteiger partial charge in [-0.05, 0) is 51.4 Å². The molecule has 1 saturated heterocycles. The molecule has 0 aromatic heterocycles. The van der Waals surface area contributed by atoms with Crippen LogP contribution >= 0.6 is 0 Å². The number of anilines is 1. The maximum atomic E-state index is 9.43. The fraction of sp³-hybridized carbons (Fsp3) is 0.571. The van der Waals surface area contributed by atoms with Gasteiger partial charge in [-0.1, -0.05) is 6.07 Å². The largest absolute Gasteiger partial charge is 0.508 e. The van der Waals surface area contributed by atoms with E-state index >= 15 is 0 Å². The van der Waals surface area contributed by atoms with E-state index in [1.54, 1.807) is 12.1 Å². The van der Waals surface area contributed by atoms with E-state index in [2.05, 4.69) is 24.2 Å². The molecular weight excluding hydrogens is 212 g/mol. The molecule has 1 fully saturated rings. The van der Waals surface area contributed by atoms with Crippen molar-refractivity contribution < 1.29 is 5.11 Å². The van der Waals surface area contributed by atoms with E-state index < -0.39 is 0 Å². The van der Waals surface area contributed by atoms with Crippen LogP contribution in [-0.4, -0.2) is 36.2 Å². The summed E-state index contributed by atoms with van der Waals surface area (Å²) in [6.45, 7) is 4.61. The quantitative estimate of drug-likeness (QED) is 0.843. The summed E-state index contributed by atoms with van der Waals surface area (Å²) < 4.78 is 0. The highest BCUT2D eigenvalue weighted by Gasteiger charge is 2.22. The summed E-state index contributed by atoms with van der Waals surface area (Å²) in [5.74, 6) is 1.01. The minimum atomic E-state index is 0.322. The van der Waals surface area contributed by atoms with Crippen molar-refractivity contribution in [1.82, 2.24) is 4.90 Å². The van der Waals surface area contributed by atoms with Gasteiger partial charge in [-0.2, -0.15) is 0 Å².